The van der Waals surface area contributed by atoms with Crippen molar-refractivity contribution >= 4 is 14.0 Å². The van der Waals surface area contributed by atoms with E-state index in [4.69, 9.17) is 5.11 Å². The minimum absolute atomic E-state index is 0.466. The third-order valence-electron chi connectivity index (χ3n) is 2.20. The van der Waals surface area contributed by atoms with Gasteiger partial charge in [-0.2, -0.15) is 0 Å². The van der Waals surface area contributed by atoms with Crippen molar-refractivity contribution in [3.63, 3.8) is 0 Å². The Morgan fingerprint density at radius 3 is 2.31 bits per heavy atom. The molecule has 0 saturated heterocycles. The van der Waals surface area contributed by atoms with Gasteiger partial charge in [0.2, 0.25) is 0 Å². The van der Waals surface area contributed by atoms with Crippen LogP contribution in [0.5, 0.6) is 0 Å². The highest BCUT2D eigenvalue weighted by Gasteiger charge is 2.49. The predicted octanol–water partition coefficient (Wildman–Crippen LogP) is 2.12. The zero-order valence-corrected chi connectivity index (χ0v) is 9.48. The quantitative estimate of drug-likeness (QED) is 0.542. The van der Waals surface area contributed by atoms with Crippen molar-refractivity contribution in [3.05, 3.63) is 0 Å². The molecule has 13 heavy (non-hydrogen) atoms. The van der Waals surface area contributed by atoms with Crippen molar-refractivity contribution in [2.24, 2.45) is 5.41 Å². The van der Waals surface area contributed by atoms with Crippen molar-refractivity contribution < 1.29 is 9.90 Å². The molecule has 3 heteroatoms. The van der Waals surface area contributed by atoms with Crippen LogP contribution in [0.4, 0.5) is 0 Å². The summed E-state index contributed by atoms with van der Waals surface area (Å²) in [6, 6.07) is 0. The Morgan fingerprint density at radius 2 is 2.00 bits per heavy atom. The first-order chi connectivity index (χ1) is 5.86. The average molecular weight is 196 g/mol. The van der Waals surface area contributed by atoms with Gasteiger partial charge < -0.3 is 5.11 Å². The smallest absolute Gasteiger partial charge is 0.310 e. The summed E-state index contributed by atoms with van der Waals surface area (Å²) in [6.07, 6.45) is 2.16. The van der Waals surface area contributed by atoms with Gasteiger partial charge in [0, 0.05) is 6.42 Å². The van der Waals surface area contributed by atoms with Gasteiger partial charge >= 0.3 is 5.97 Å². The van der Waals surface area contributed by atoms with Gasteiger partial charge in [0.1, 0.15) is 8.07 Å². The molecule has 0 atom stereocenters. The van der Waals surface area contributed by atoms with Gasteiger partial charge in [-0.25, -0.2) is 0 Å². The summed E-state index contributed by atoms with van der Waals surface area (Å²) < 4.78 is 0. The summed E-state index contributed by atoms with van der Waals surface area (Å²) >= 11 is 0. The van der Waals surface area contributed by atoms with Crippen LogP contribution in [0.15, 0.2) is 0 Å². The van der Waals surface area contributed by atoms with Crippen LogP contribution in [-0.4, -0.2) is 19.1 Å². The van der Waals surface area contributed by atoms with Crippen LogP contribution in [0.25, 0.3) is 0 Å². The predicted molar refractivity (Wildman–Crippen MR) is 55.0 cm³/mol. The molecule has 0 aromatic rings. The maximum atomic E-state index is 10.8. The van der Waals surface area contributed by atoms with E-state index in [1.54, 1.807) is 0 Å². The lowest BCUT2D eigenvalue weighted by Gasteiger charge is -2.06. The van der Waals surface area contributed by atoms with E-state index < -0.39 is 19.5 Å². The van der Waals surface area contributed by atoms with Gasteiger partial charge in [0.25, 0.3) is 0 Å². The summed E-state index contributed by atoms with van der Waals surface area (Å²) in [4.78, 5) is 10.8. The molecule has 0 radical (unpaired) electrons. The van der Waals surface area contributed by atoms with Gasteiger partial charge in [-0.3, -0.25) is 4.79 Å². The maximum absolute atomic E-state index is 10.8. The highest BCUT2D eigenvalue weighted by atomic mass is 28.3. The van der Waals surface area contributed by atoms with E-state index >= 15 is 0 Å². The number of hydrogen-bond acceptors (Lipinski definition) is 1. The molecule has 0 unspecified atom stereocenters. The van der Waals surface area contributed by atoms with Crippen LogP contribution in [0.2, 0.25) is 19.6 Å². The highest BCUT2D eigenvalue weighted by Crippen LogP contribution is 2.48. The molecule has 0 aromatic heterocycles. The molecule has 2 nitrogen and oxygen atoms in total. The molecule has 0 aromatic carbocycles. The van der Waals surface area contributed by atoms with Crippen LogP contribution in [-0.2, 0) is 4.79 Å². The first-order valence-electron chi connectivity index (χ1n) is 4.59. The maximum Gasteiger partial charge on any atom is 0.310 e. The Bertz CT molecular complexity index is 274. The van der Waals surface area contributed by atoms with Crippen LogP contribution >= 0.6 is 0 Å². The second-order valence-corrected chi connectivity index (χ2v) is 9.56. The molecule has 1 aliphatic carbocycles. The van der Waals surface area contributed by atoms with E-state index in [-0.39, 0.29) is 0 Å². The van der Waals surface area contributed by atoms with E-state index in [2.05, 4.69) is 31.1 Å². The molecule has 0 aliphatic heterocycles. The van der Waals surface area contributed by atoms with Crippen LogP contribution < -0.4 is 0 Å². The number of carboxylic acid groups (broad SMARTS) is 1. The van der Waals surface area contributed by atoms with Gasteiger partial charge in [-0.1, -0.05) is 19.6 Å². The van der Waals surface area contributed by atoms with E-state index in [0.29, 0.717) is 6.42 Å². The summed E-state index contributed by atoms with van der Waals surface area (Å²) in [5.41, 5.74) is 2.73. The fourth-order valence-corrected chi connectivity index (χ4v) is 1.71. The SMILES string of the molecule is C[Si](C)(C)C#CCC1(C(=O)O)CC1. The second kappa shape index (κ2) is 3.19. The third kappa shape index (κ3) is 2.89. The van der Waals surface area contributed by atoms with Crippen molar-refractivity contribution in [1.82, 2.24) is 0 Å². The lowest BCUT2D eigenvalue weighted by atomic mass is 10.0. The fourth-order valence-electron chi connectivity index (χ4n) is 1.10. The number of carboxylic acids is 1. The molecule has 1 saturated carbocycles. The Kier molecular flexibility index (Phi) is 2.53. The molecule has 1 rings (SSSR count). The monoisotopic (exact) mass is 196 g/mol. The van der Waals surface area contributed by atoms with Crippen molar-refractivity contribution in [1.29, 1.82) is 0 Å². The van der Waals surface area contributed by atoms with Gasteiger partial charge in [-0.05, 0) is 12.8 Å². The molecule has 72 valence electrons. The number of hydrogen-bond donors (Lipinski definition) is 1. The number of aliphatic carboxylic acids is 1. The Balaban J connectivity index is 2.51. The van der Waals surface area contributed by atoms with Gasteiger partial charge in [-0.15, -0.1) is 11.5 Å². The van der Waals surface area contributed by atoms with E-state index in [1.165, 1.54) is 0 Å². The summed E-state index contributed by atoms with van der Waals surface area (Å²) in [5.74, 6) is 2.37. The standard InChI is InChI=1S/C10H16O2Si/c1-13(2,3)8-4-5-10(6-7-10)9(11)12/h5-7H2,1-3H3,(H,11,12). The summed E-state index contributed by atoms with van der Waals surface area (Å²) in [6.45, 7) is 6.50. The first-order valence-corrected chi connectivity index (χ1v) is 8.09. The molecule has 0 amide bonds. The summed E-state index contributed by atoms with van der Waals surface area (Å²) in [7, 11) is -1.32. The van der Waals surface area contributed by atoms with E-state index in [0.717, 1.165) is 12.8 Å². The van der Waals surface area contributed by atoms with Crippen LogP contribution in [0.3, 0.4) is 0 Å². The topological polar surface area (TPSA) is 37.3 Å². The van der Waals surface area contributed by atoms with E-state index in [9.17, 15) is 4.79 Å². The van der Waals surface area contributed by atoms with Crippen LogP contribution in [0.1, 0.15) is 19.3 Å². The highest BCUT2D eigenvalue weighted by molar-refractivity contribution is 6.83. The molecule has 0 heterocycles. The van der Waals surface area contributed by atoms with Gasteiger partial charge in [0.05, 0.1) is 5.41 Å². The molecule has 0 spiro atoms. The molecule has 0 bridgehead atoms. The molecule has 1 aliphatic rings. The Labute approximate surface area is 80.4 Å². The van der Waals surface area contributed by atoms with E-state index in [1.807, 2.05) is 0 Å². The molecule has 1 N–H and O–H groups in total. The minimum Gasteiger partial charge on any atom is -0.481 e. The molecule has 1 fully saturated rings. The Morgan fingerprint density at radius 1 is 1.46 bits per heavy atom. The lowest BCUT2D eigenvalue weighted by molar-refractivity contribution is -0.143. The number of rotatable bonds is 2. The normalized spacial score (nSPS) is 18.7. The zero-order valence-electron chi connectivity index (χ0n) is 8.48. The second-order valence-electron chi connectivity index (χ2n) is 4.81. The van der Waals surface area contributed by atoms with Crippen LogP contribution in [0, 0.1) is 16.9 Å². The number of carbonyl (C=O) groups is 1. The Hall–Kier alpha value is -0.753. The van der Waals surface area contributed by atoms with Crippen molar-refractivity contribution in [2.75, 3.05) is 0 Å². The molecular weight excluding hydrogens is 180 g/mol. The largest absolute Gasteiger partial charge is 0.481 e. The van der Waals surface area contributed by atoms with Crippen molar-refractivity contribution in [3.8, 4) is 11.5 Å². The summed E-state index contributed by atoms with van der Waals surface area (Å²) in [5, 5.41) is 8.88. The minimum atomic E-state index is -1.32. The average Bonchev–Trinajstić information content (AvgIpc) is 2.65. The first kappa shape index (κ1) is 10.3. The van der Waals surface area contributed by atoms with Gasteiger partial charge in [0.15, 0.2) is 0 Å². The zero-order chi connectivity index (χ0) is 10.1. The fraction of sp³-hybridized carbons (Fsp3) is 0.700. The molecular formula is C10H16O2Si. The lowest BCUT2D eigenvalue weighted by Crippen LogP contribution is -2.18. The third-order valence-corrected chi connectivity index (χ3v) is 3.12. The van der Waals surface area contributed by atoms with Crippen molar-refractivity contribution in [2.45, 2.75) is 38.9 Å².